The van der Waals surface area contributed by atoms with E-state index < -0.39 is 10.2 Å². The Bertz CT molecular complexity index is 478. The van der Waals surface area contributed by atoms with Crippen LogP contribution in [-0.2, 0) is 15.0 Å². The Balaban J connectivity index is 1.51. The minimum atomic E-state index is -3.33. The maximum Gasteiger partial charge on any atom is 0.282 e. The van der Waals surface area contributed by atoms with E-state index in [-0.39, 0.29) is 17.9 Å². The maximum absolute atomic E-state index is 12.5. The molecular formula is C13H24N4O3S. The summed E-state index contributed by atoms with van der Waals surface area (Å²) < 4.78 is 28.2. The summed E-state index contributed by atoms with van der Waals surface area (Å²) in [6.45, 7) is 3.52. The van der Waals surface area contributed by atoms with Gasteiger partial charge in [0.1, 0.15) is 0 Å². The van der Waals surface area contributed by atoms with Crippen LogP contribution in [0, 0.1) is 5.92 Å². The van der Waals surface area contributed by atoms with E-state index in [2.05, 4.69) is 10.6 Å². The molecule has 3 aliphatic rings. The Kier molecular flexibility index (Phi) is 4.49. The number of piperidine rings is 1. The average Bonchev–Trinajstić information content (AvgIpc) is 3.33. The third kappa shape index (κ3) is 3.56. The normalized spacial score (nSPS) is 26.7. The maximum atomic E-state index is 12.5. The lowest BCUT2D eigenvalue weighted by atomic mass is 10.1. The standard InChI is InChI=1S/C13H24N4O3S/c18-13(11-1-2-11)15-12-3-7-16(8-4-12)21(19,20)17-9-5-14-6-10-17/h11-12,14H,1-10H2,(H,15,18). The van der Waals surface area contributed by atoms with Gasteiger partial charge in [-0.25, -0.2) is 0 Å². The number of carbonyl (C=O) groups is 1. The minimum Gasteiger partial charge on any atom is -0.353 e. The topological polar surface area (TPSA) is 81.8 Å². The SMILES string of the molecule is O=C(NC1CCN(S(=O)(=O)N2CCNCC2)CC1)C1CC1. The number of nitrogens with zero attached hydrogens (tertiary/aromatic N) is 2. The first kappa shape index (κ1) is 15.2. The molecule has 8 heteroatoms. The van der Waals surface area contributed by atoms with Crippen LogP contribution in [0.25, 0.3) is 0 Å². The Labute approximate surface area is 126 Å². The molecule has 0 aromatic rings. The van der Waals surface area contributed by atoms with Crippen molar-refractivity contribution in [3.05, 3.63) is 0 Å². The fourth-order valence-electron chi connectivity index (χ4n) is 2.93. The third-order valence-electron chi connectivity index (χ3n) is 4.48. The molecule has 7 nitrogen and oxygen atoms in total. The highest BCUT2D eigenvalue weighted by molar-refractivity contribution is 7.86. The van der Waals surface area contributed by atoms with Gasteiger partial charge in [0.25, 0.3) is 10.2 Å². The van der Waals surface area contributed by atoms with Gasteiger partial charge in [-0.15, -0.1) is 0 Å². The molecule has 2 heterocycles. The first-order valence-electron chi connectivity index (χ1n) is 7.83. The van der Waals surface area contributed by atoms with Crippen LogP contribution < -0.4 is 10.6 Å². The number of piperazine rings is 1. The lowest BCUT2D eigenvalue weighted by Crippen LogP contribution is -2.54. The largest absolute Gasteiger partial charge is 0.353 e. The molecule has 1 amide bonds. The van der Waals surface area contributed by atoms with Gasteiger partial charge < -0.3 is 10.6 Å². The summed E-state index contributed by atoms with van der Waals surface area (Å²) in [4.78, 5) is 11.7. The molecule has 0 bridgehead atoms. The summed E-state index contributed by atoms with van der Waals surface area (Å²) in [7, 11) is -3.33. The van der Waals surface area contributed by atoms with E-state index >= 15 is 0 Å². The van der Waals surface area contributed by atoms with Crippen LogP contribution in [0.5, 0.6) is 0 Å². The van der Waals surface area contributed by atoms with Gasteiger partial charge in [0.05, 0.1) is 0 Å². The summed E-state index contributed by atoms with van der Waals surface area (Å²) in [5.74, 6) is 0.367. The fourth-order valence-corrected chi connectivity index (χ4v) is 4.58. The third-order valence-corrected chi connectivity index (χ3v) is 6.51. The van der Waals surface area contributed by atoms with E-state index in [0.29, 0.717) is 52.1 Å². The van der Waals surface area contributed by atoms with Gasteiger partial charge in [-0.1, -0.05) is 0 Å². The van der Waals surface area contributed by atoms with E-state index in [0.717, 1.165) is 12.8 Å². The quantitative estimate of drug-likeness (QED) is 0.706. The highest BCUT2D eigenvalue weighted by Crippen LogP contribution is 2.29. The van der Waals surface area contributed by atoms with E-state index in [4.69, 9.17) is 0 Å². The molecule has 0 aromatic heterocycles. The number of rotatable bonds is 4. The van der Waals surface area contributed by atoms with Crippen LogP contribution in [0.15, 0.2) is 0 Å². The van der Waals surface area contributed by atoms with Crippen molar-refractivity contribution in [2.75, 3.05) is 39.3 Å². The summed E-state index contributed by atoms with van der Waals surface area (Å²) in [5, 5.41) is 6.21. The van der Waals surface area contributed by atoms with Gasteiger partial charge in [-0.2, -0.15) is 17.0 Å². The zero-order chi connectivity index (χ0) is 14.9. The molecule has 3 rings (SSSR count). The molecule has 0 spiro atoms. The Morgan fingerprint density at radius 1 is 0.952 bits per heavy atom. The van der Waals surface area contributed by atoms with Crippen molar-refractivity contribution in [3.8, 4) is 0 Å². The minimum absolute atomic E-state index is 0.132. The first-order valence-corrected chi connectivity index (χ1v) is 9.23. The van der Waals surface area contributed by atoms with E-state index in [1.807, 2.05) is 0 Å². The summed E-state index contributed by atoms with van der Waals surface area (Å²) in [6.07, 6.45) is 3.43. The van der Waals surface area contributed by atoms with Gasteiger partial charge in [-0.3, -0.25) is 4.79 Å². The van der Waals surface area contributed by atoms with Crippen LogP contribution in [0.4, 0.5) is 0 Å². The summed E-state index contributed by atoms with van der Waals surface area (Å²) in [5.41, 5.74) is 0. The first-order chi connectivity index (χ1) is 10.1. The second kappa shape index (κ2) is 6.20. The lowest BCUT2D eigenvalue weighted by Gasteiger charge is -2.36. The highest BCUT2D eigenvalue weighted by atomic mass is 32.2. The molecule has 0 aromatic carbocycles. The van der Waals surface area contributed by atoms with Crippen LogP contribution in [-0.4, -0.2) is 68.2 Å². The summed E-state index contributed by atoms with van der Waals surface area (Å²) >= 11 is 0. The molecule has 1 aliphatic carbocycles. The average molecular weight is 316 g/mol. The van der Waals surface area contributed by atoms with Gasteiger partial charge >= 0.3 is 0 Å². The lowest BCUT2D eigenvalue weighted by molar-refractivity contribution is -0.123. The number of hydrogen-bond donors (Lipinski definition) is 2. The molecule has 3 fully saturated rings. The molecule has 2 saturated heterocycles. The van der Waals surface area contributed by atoms with Gasteiger partial charge in [0.2, 0.25) is 5.91 Å². The van der Waals surface area contributed by atoms with E-state index in [1.54, 1.807) is 8.61 Å². The molecule has 2 aliphatic heterocycles. The fraction of sp³-hybridized carbons (Fsp3) is 0.923. The monoisotopic (exact) mass is 316 g/mol. The van der Waals surface area contributed by atoms with Crippen LogP contribution in [0.2, 0.25) is 0 Å². The van der Waals surface area contributed by atoms with Crippen molar-refractivity contribution in [2.24, 2.45) is 5.92 Å². The van der Waals surface area contributed by atoms with Crippen molar-refractivity contribution in [2.45, 2.75) is 31.7 Å². The molecular weight excluding hydrogens is 292 g/mol. The van der Waals surface area contributed by atoms with Crippen molar-refractivity contribution in [1.29, 1.82) is 0 Å². The highest BCUT2D eigenvalue weighted by Gasteiger charge is 2.35. The van der Waals surface area contributed by atoms with Crippen molar-refractivity contribution < 1.29 is 13.2 Å². The molecule has 21 heavy (non-hydrogen) atoms. The number of carbonyl (C=O) groups excluding carboxylic acids is 1. The van der Waals surface area contributed by atoms with Crippen molar-refractivity contribution in [3.63, 3.8) is 0 Å². The molecule has 0 unspecified atom stereocenters. The van der Waals surface area contributed by atoms with Crippen LogP contribution in [0.1, 0.15) is 25.7 Å². The smallest absolute Gasteiger partial charge is 0.282 e. The zero-order valence-electron chi connectivity index (χ0n) is 12.3. The number of nitrogens with one attached hydrogen (secondary N) is 2. The molecule has 1 saturated carbocycles. The van der Waals surface area contributed by atoms with Crippen LogP contribution >= 0.6 is 0 Å². The summed E-state index contributed by atoms with van der Waals surface area (Å²) in [6, 6.07) is 0.132. The van der Waals surface area contributed by atoms with Gasteiger partial charge in [-0.05, 0) is 25.7 Å². The second-order valence-corrected chi connectivity index (χ2v) is 8.04. The van der Waals surface area contributed by atoms with Gasteiger partial charge in [0.15, 0.2) is 0 Å². The zero-order valence-corrected chi connectivity index (χ0v) is 13.1. The number of amides is 1. The van der Waals surface area contributed by atoms with E-state index in [9.17, 15) is 13.2 Å². The van der Waals surface area contributed by atoms with Crippen LogP contribution in [0.3, 0.4) is 0 Å². The van der Waals surface area contributed by atoms with Crippen molar-refractivity contribution >= 4 is 16.1 Å². The number of hydrogen-bond acceptors (Lipinski definition) is 4. The Morgan fingerprint density at radius 2 is 1.52 bits per heavy atom. The molecule has 120 valence electrons. The van der Waals surface area contributed by atoms with Crippen molar-refractivity contribution in [1.82, 2.24) is 19.2 Å². The molecule has 0 atom stereocenters. The predicted octanol–water partition coefficient (Wildman–Crippen LogP) is -0.873. The Hall–Kier alpha value is -0.700. The molecule has 0 radical (unpaired) electrons. The Morgan fingerprint density at radius 3 is 2.10 bits per heavy atom. The van der Waals surface area contributed by atoms with E-state index in [1.165, 1.54) is 0 Å². The predicted molar refractivity (Wildman–Crippen MR) is 78.8 cm³/mol. The molecule has 2 N–H and O–H groups in total. The van der Waals surface area contributed by atoms with Gasteiger partial charge in [0, 0.05) is 51.2 Å². The second-order valence-electron chi connectivity index (χ2n) is 6.11.